The van der Waals surface area contributed by atoms with Gasteiger partial charge in [0.25, 0.3) is 0 Å². The summed E-state index contributed by atoms with van der Waals surface area (Å²) in [5.74, 6) is 2.10. The van der Waals surface area contributed by atoms with Crippen molar-refractivity contribution in [2.24, 2.45) is 0 Å². The molecule has 0 bridgehead atoms. The second-order valence-electron chi connectivity index (χ2n) is 4.96. The van der Waals surface area contributed by atoms with Gasteiger partial charge in [0.15, 0.2) is 0 Å². The van der Waals surface area contributed by atoms with Gasteiger partial charge in [-0.1, -0.05) is 24.3 Å². The largest absolute Gasteiger partial charge is 0.416 e. The lowest BCUT2D eigenvalue weighted by molar-refractivity contribution is -0.137. The average Bonchev–Trinajstić information content (AvgIpc) is 2.98. The molecule has 2 rings (SSSR count). The normalized spacial score (nSPS) is 11.4. The summed E-state index contributed by atoms with van der Waals surface area (Å²) >= 11 is 3.10. The molecule has 0 unspecified atom stereocenters. The third kappa shape index (κ3) is 6.54. The second-order valence-corrected chi connectivity index (χ2v) is 7.42. The lowest BCUT2D eigenvalue weighted by atomic mass is 10.2. The highest BCUT2D eigenvalue weighted by molar-refractivity contribution is 7.99. The molecule has 0 aliphatic heterocycles. The first-order valence-electron chi connectivity index (χ1n) is 7.54. The van der Waals surface area contributed by atoms with Crippen LogP contribution >= 0.6 is 23.1 Å². The first-order chi connectivity index (χ1) is 11.9. The van der Waals surface area contributed by atoms with E-state index in [-0.39, 0.29) is 5.69 Å². The molecule has 25 heavy (non-hydrogen) atoms. The van der Waals surface area contributed by atoms with Gasteiger partial charge in [0.1, 0.15) is 5.01 Å². The topological polar surface area (TPSA) is 66.9 Å². The van der Waals surface area contributed by atoms with Crippen LogP contribution in [0.2, 0.25) is 0 Å². The maximum Gasteiger partial charge on any atom is 0.416 e. The molecule has 2 amide bonds. The van der Waals surface area contributed by atoms with Crippen molar-refractivity contribution in [3.63, 3.8) is 0 Å². The van der Waals surface area contributed by atoms with E-state index in [1.165, 1.54) is 23.5 Å². The van der Waals surface area contributed by atoms with Gasteiger partial charge in [0.05, 0.1) is 5.56 Å². The lowest BCUT2D eigenvalue weighted by Gasteiger charge is -2.09. The van der Waals surface area contributed by atoms with Crippen molar-refractivity contribution < 1.29 is 18.0 Å². The number of hydrogen-bond donors (Lipinski definition) is 2. The Morgan fingerprint density at radius 2 is 2.08 bits per heavy atom. The minimum absolute atomic E-state index is 0.0497. The monoisotopic (exact) mass is 390 g/mol. The number of halogens is 3. The Morgan fingerprint density at radius 1 is 1.28 bits per heavy atom. The number of hydrogen-bond acceptors (Lipinski definition) is 5. The number of nitrogens with one attached hydrogen (secondary N) is 2. The van der Waals surface area contributed by atoms with E-state index < -0.39 is 17.8 Å². The van der Waals surface area contributed by atoms with E-state index in [1.54, 1.807) is 0 Å². The van der Waals surface area contributed by atoms with E-state index in [2.05, 4.69) is 27.8 Å². The number of aryl methyl sites for hydroxylation is 1. The Hall–Kier alpha value is -1.81. The standard InChI is InChI=1S/C15H17F3N4OS2/c1-2-24-8-4-7-12-21-22-14(25-12)20-13(23)19-11-6-3-5-10(9-11)15(16,17)18/h3,5-6,9H,2,4,7-8H2,1H3,(H2,19,20,22,23). The van der Waals surface area contributed by atoms with Crippen molar-refractivity contribution in [1.29, 1.82) is 0 Å². The first kappa shape index (κ1) is 19.5. The molecule has 2 N–H and O–H groups in total. The number of anilines is 2. The van der Waals surface area contributed by atoms with Crippen LogP contribution in [0.5, 0.6) is 0 Å². The van der Waals surface area contributed by atoms with Crippen LogP contribution < -0.4 is 10.6 Å². The summed E-state index contributed by atoms with van der Waals surface area (Å²) in [5, 5.41) is 13.8. The summed E-state index contributed by atoms with van der Waals surface area (Å²) in [6.45, 7) is 2.10. The smallest absolute Gasteiger partial charge is 0.308 e. The van der Waals surface area contributed by atoms with Crippen molar-refractivity contribution >= 4 is 39.9 Å². The Bertz CT molecular complexity index is 706. The molecule has 1 aromatic carbocycles. The minimum Gasteiger partial charge on any atom is -0.308 e. The molecule has 2 aromatic rings. The van der Waals surface area contributed by atoms with Crippen molar-refractivity contribution in [1.82, 2.24) is 10.2 Å². The van der Waals surface area contributed by atoms with Crippen molar-refractivity contribution in [3.05, 3.63) is 34.8 Å². The molecule has 136 valence electrons. The molecule has 0 aliphatic carbocycles. The van der Waals surface area contributed by atoms with Gasteiger partial charge in [-0.15, -0.1) is 10.2 Å². The Balaban J connectivity index is 1.87. The fourth-order valence-electron chi connectivity index (χ4n) is 1.91. The van der Waals surface area contributed by atoms with E-state index in [9.17, 15) is 18.0 Å². The predicted molar refractivity (Wildman–Crippen MR) is 95.3 cm³/mol. The summed E-state index contributed by atoms with van der Waals surface area (Å²) in [7, 11) is 0. The number of aromatic nitrogens is 2. The van der Waals surface area contributed by atoms with Crippen LogP contribution in [0.1, 0.15) is 23.9 Å². The highest BCUT2D eigenvalue weighted by Crippen LogP contribution is 2.30. The van der Waals surface area contributed by atoms with Crippen molar-refractivity contribution in [2.45, 2.75) is 25.9 Å². The van der Waals surface area contributed by atoms with E-state index in [1.807, 2.05) is 11.8 Å². The molecule has 0 saturated heterocycles. The van der Waals surface area contributed by atoms with Crippen LogP contribution in [-0.4, -0.2) is 27.7 Å². The molecule has 5 nitrogen and oxygen atoms in total. The number of benzene rings is 1. The number of urea groups is 1. The molecule has 0 radical (unpaired) electrons. The van der Waals surface area contributed by atoms with Gasteiger partial charge < -0.3 is 5.32 Å². The van der Waals surface area contributed by atoms with Crippen LogP contribution in [0, 0.1) is 0 Å². The summed E-state index contributed by atoms with van der Waals surface area (Å²) in [6.07, 6.45) is -2.70. The summed E-state index contributed by atoms with van der Waals surface area (Å²) in [6, 6.07) is 3.76. The molecule has 0 aliphatic rings. The van der Waals surface area contributed by atoms with E-state index in [0.29, 0.717) is 5.13 Å². The third-order valence-corrected chi connectivity index (χ3v) is 4.90. The van der Waals surface area contributed by atoms with Gasteiger partial charge in [-0.25, -0.2) is 4.79 Å². The lowest BCUT2D eigenvalue weighted by Crippen LogP contribution is -2.19. The van der Waals surface area contributed by atoms with Crippen LogP contribution in [0.3, 0.4) is 0 Å². The fourth-order valence-corrected chi connectivity index (χ4v) is 3.32. The number of rotatable bonds is 7. The molecular weight excluding hydrogens is 373 g/mol. The molecule has 0 saturated carbocycles. The van der Waals surface area contributed by atoms with Crippen molar-refractivity contribution in [3.8, 4) is 0 Å². The number of thioether (sulfide) groups is 1. The zero-order valence-corrected chi connectivity index (χ0v) is 15.0. The summed E-state index contributed by atoms with van der Waals surface area (Å²) < 4.78 is 38.0. The van der Waals surface area contributed by atoms with Gasteiger partial charge in [-0.3, -0.25) is 5.32 Å². The van der Waals surface area contributed by atoms with Gasteiger partial charge in [-0.2, -0.15) is 24.9 Å². The molecule has 0 atom stereocenters. The van der Waals surface area contributed by atoms with Gasteiger partial charge in [0, 0.05) is 12.1 Å². The number of carbonyl (C=O) groups excluding carboxylic acids is 1. The van der Waals surface area contributed by atoms with Crippen LogP contribution in [-0.2, 0) is 12.6 Å². The van der Waals surface area contributed by atoms with Crippen LogP contribution in [0.4, 0.5) is 28.8 Å². The van der Waals surface area contributed by atoms with Gasteiger partial charge in [-0.05, 0) is 36.1 Å². The third-order valence-electron chi connectivity index (χ3n) is 3.02. The first-order valence-corrected chi connectivity index (χ1v) is 9.51. The second kappa shape index (κ2) is 9.04. The molecular formula is C15H17F3N4OS2. The van der Waals surface area contributed by atoms with Crippen LogP contribution in [0.25, 0.3) is 0 Å². The van der Waals surface area contributed by atoms with Gasteiger partial charge in [0.2, 0.25) is 5.13 Å². The SMILES string of the molecule is CCSCCCc1nnc(NC(=O)Nc2cccc(C(F)(F)F)c2)s1. The quantitative estimate of drug-likeness (QED) is 0.661. The number of amides is 2. The van der Waals surface area contributed by atoms with Gasteiger partial charge >= 0.3 is 12.2 Å². The van der Waals surface area contributed by atoms with Crippen molar-refractivity contribution in [2.75, 3.05) is 22.1 Å². The van der Waals surface area contributed by atoms with E-state index in [0.717, 1.165) is 41.5 Å². The Morgan fingerprint density at radius 3 is 2.80 bits per heavy atom. The van der Waals surface area contributed by atoms with E-state index >= 15 is 0 Å². The molecule has 0 fully saturated rings. The Kier molecular flexibility index (Phi) is 7.06. The maximum atomic E-state index is 12.7. The predicted octanol–water partition coefficient (Wildman–Crippen LogP) is 4.89. The number of nitrogens with zero attached hydrogens (tertiary/aromatic N) is 2. The number of carbonyl (C=O) groups is 1. The highest BCUT2D eigenvalue weighted by atomic mass is 32.2. The fraction of sp³-hybridized carbons (Fsp3) is 0.400. The Labute approximate surface area is 151 Å². The van der Waals surface area contributed by atoms with Crippen LogP contribution in [0.15, 0.2) is 24.3 Å². The maximum absolute atomic E-state index is 12.7. The zero-order chi connectivity index (χ0) is 18.3. The zero-order valence-electron chi connectivity index (χ0n) is 13.4. The average molecular weight is 390 g/mol. The molecule has 1 aromatic heterocycles. The molecule has 1 heterocycles. The summed E-state index contributed by atoms with van der Waals surface area (Å²) in [4.78, 5) is 11.9. The molecule has 10 heteroatoms. The summed E-state index contributed by atoms with van der Waals surface area (Å²) in [5.41, 5.74) is -0.776. The molecule has 0 spiro atoms. The highest BCUT2D eigenvalue weighted by Gasteiger charge is 2.30. The minimum atomic E-state index is -4.46. The van der Waals surface area contributed by atoms with E-state index in [4.69, 9.17) is 0 Å². The number of alkyl halides is 3.